The van der Waals surface area contributed by atoms with E-state index in [4.69, 9.17) is 0 Å². The first kappa shape index (κ1) is 7.56. The Bertz CT molecular complexity index is 159. The normalized spacial score (nSPS) is 34.6. The van der Waals surface area contributed by atoms with Crippen LogP contribution >= 0.6 is 0 Å². The zero-order chi connectivity index (χ0) is 8.11. The molecule has 2 fully saturated rings. The molecule has 0 bridgehead atoms. The highest BCUT2D eigenvalue weighted by atomic mass is 15.2. The average molecular weight is 154 g/mol. The Balaban J connectivity index is 2.06. The molecule has 64 valence electrons. The van der Waals surface area contributed by atoms with E-state index >= 15 is 0 Å². The number of rotatable bonds is 0. The van der Waals surface area contributed by atoms with Crippen LogP contribution in [0, 0.1) is 10.8 Å². The first-order chi connectivity index (χ1) is 5.05. The van der Waals surface area contributed by atoms with Gasteiger partial charge in [-0.2, -0.15) is 0 Å². The van der Waals surface area contributed by atoms with Crippen molar-refractivity contribution in [3.8, 4) is 0 Å². The summed E-state index contributed by atoms with van der Waals surface area (Å²) in [6.45, 7) is 10.6. The Morgan fingerprint density at radius 1 is 1.18 bits per heavy atom. The predicted octanol–water partition coefficient (Wildman–Crippen LogP) is 0.594. The van der Waals surface area contributed by atoms with Crippen LogP contribution in [0.2, 0.25) is 0 Å². The fourth-order valence-corrected chi connectivity index (χ4v) is 2.49. The molecule has 0 aliphatic carbocycles. The van der Waals surface area contributed by atoms with Gasteiger partial charge in [0.15, 0.2) is 0 Å². The zero-order valence-corrected chi connectivity index (χ0v) is 7.70. The molecule has 0 aromatic heterocycles. The van der Waals surface area contributed by atoms with Crippen LogP contribution in [0.15, 0.2) is 0 Å². The Morgan fingerprint density at radius 2 is 1.82 bits per heavy atom. The molecule has 1 atom stereocenters. The molecule has 0 aromatic rings. The molecule has 2 saturated heterocycles. The molecule has 0 aromatic carbocycles. The molecule has 2 aliphatic rings. The molecule has 2 rings (SSSR count). The van der Waals surface area contributed by atoms with Gasteiger partial charge in [0.1, 0.15) is 0 Å². The fourth-order valence-electron chi connectivity index (χ4n) is 2.49. The van der Waals surface area contributed by atoms with E-state index in [1.807, 2.05) is 0 Å². The van der Waals surface area contributed by atoms with Crippen molar-refractivity contribution in [2.45, 2.75) is 26.8 Å². The SMILES string of the molecule is CC(C)(C)C1NCC12CNC2. The smallest absolute Gasteiger partial charge is 0.0235 e. The van der Waals surface area contributed by atoms with Crippen LogP contribution in [0.1, 0.15) is 20.8 Å². The molecule has 2 N–H and O–H groups in total. The topological polar surface area (TPSA) is 24.1 Å². The Labute approximate surface area is 68.7 Å². The van der Waals surface area contributed by atoms with Crippen molar-refractivity contribution < 1.29 is 0 Å². The van der Waals surface area contributed by atoms with Crippen LogP contribution in [-0.4, -0.2) is 25.7 Å². The van der Waals surface area contributed by atoms with Gasteiger partial charge in [0, 0.05) is 31.1 Å². The molecule has 0 radical (unpaired) electrons. The van der Waals surface area contributed by atoms with Gasteiger partial charge in [-0.1, -0.05) is 20.8 Å². The fraction of sp³-hybridized carbons (Fsp3) is 1.00. The molecule has 0 amide bonds. The second-order valence-corrected chi connectivity index (χ2v) is 5.15. The van der Waals surface area contributed by atoms with E-state index in [0.29, 0.717) is 10.8 Å². The van der Waals surface area contributed by atoms with Gasteiger partial charge < -0.3 is 10.6 Å². The van der Waals surface area contributed by atoms with Crippen molar-refractivity contribution in [1.82, 2.24) is 10.6 Å². The summed E-state index contributed by atoms with van der Waals surface area (Å²) in [5, 5.41) is 6.90. The standard InChI is InChI=1S/C9H18N2/c1-8(2,3)7-9(6-11-7)4-10-5-9/h7,10-11H,4-6H2,1-3H3. The third kappa shape index (κ3) is 0.926. The molecule has 11 heavy (non-hydrogen) atoms. The Morgan fingerprint density at radius 3 is 1.91 bits per heavy atom. The molecular weight excluding hydrogens is 136 g/mol. The highest BCUT2D eigenvalue weighted by Gasteiger charge is 2.54. The van der Waals surface area contributed by atoms with Crippen molar-refractivity contribution in [2.75, 3.05) is 19.6 Å². The minimum absolute atomic E-state index is 0.431. The van der Waals surface area contributed by atoms with Crippen molar-refractivity contribution in [2.24, 2.45) is 10.8 Å². The maximum Gasteiger partial charge on any atom is 0.0235 e. The molecular formula is C9H18N2. The summed E-state index contributed by atoms with van der Waals surface area (Å²) >= 11 is 0. The lowest BCUT2D eigenvalue weighted by molar-refractivity contribution is -0.0354. The van der Waals surface area contributed by atoms with Crippen LogP contribution in [0.4, 0.5) is 0 Å². The minimum Gasteiger partial charge on any atom is -0.315 e. The van der Waals surface area contributed by atoms with Crippen molar-refractivity contribution in [3.63, 3.8) is 0 Å². The summed E-state index contributed by atoms with van der Waals surface area (Å²) in [6, 6.07) is 0.733. The second-order valence-electron chi connectivity index (χ2n) is 5.15. The third-order valence-corrected chi connectivity index (χ3v) is 3.09. The van der Waals surface area contributed by atoms with E-state index < -0.39 is 0 Å². The summed E-state index contributed by atoms with van der Waals surface area (Å²) in [5.41, 5.74) is 1.05. The highest BCUT2D eigenvalue weighted by molar-refractivity contribution is 5.13. The van der Waals surface area contributed by atoms with E-state index in [0.717, 1.165) is 6.04 Å². The van der Waals surface area contributed by atoms with E-state index in [9.17, 15) is 0 Å². The van der Waals surface area contributed by atoms with Crippen LogP contribution in [0.25, 0.3) is 0 Å². The summed E-state index contributed by atoms with van der Waals surface area (Å²) < 4.78 is 0. The lowest BCUT2D eigenvalue weighted by atomic mass is 9.60. The monoisotopic (exact) mass is 154 g/mol. The minimum atomic E-state index is 0.431. The second kappa shape index (κ2) is 1.99. The molecule has 1 spiro atoms. The maximum atomic E-state index is 3.54. The molecule has 2 aliphatic heterocycles. The summed E-state index contributed by atoms with van der Waals surface area (Å²) in [4.78, 5) is 0. The van der Waals surface area contributed by atoms with Gasteiger partial charge in [-0.05, 0) is 5.41 Å². The van der Waals surface area contributed by atoms with E-state index in [1.54, 1.807) is 0 Å². The summed E-state index contributed by atoms with van der Waals surface area (Å²) in [5.74, 6) is 0. The van der Waals surface area contributed by atoms with Crippen molar-refractivity contribution in [1.29, 1.82) is 0 Å². The Hall–Kier alpha value is -0.0800. The van der Waals surface area contributed by atoms with Crippen molar-refractivity contribution >= 4 is 0 Å². The Kier molecular flexibility index (Phi) is 1.37. The van der Waals surface area contributed by atoms with Gasteiger partial charge >= 0.3 is 0 Å². The molecule has 2 nitrogen and oxygen atoms in total. The van der Waals surface area contributed by atoms with Gasteiger partial charge in [-0.3, -0.25) is 0 Å². The molecule has 0 saturated carbocycles. The van der Waals surface area contributed by atoms with E-state index in [1.165, 1.54) is 19.6 Å². The quantitative estimate of drug-likeness (QED) is 0.534. The highest BCUT2D eigenvalue weighted by Crippen LogP contribution is 2.42. The first-order valence-electron chi connectivity index (χ1n) is 4.49. The summed E-state index contributed by atoms with van der Waals surface area (Å²) in [7, 11) is 0. The maximum absolute atomic E-state index is 3.54. The third-order valence-electron chi connectivity index (χ3n) is 3.09. The number of nitrogens with one attached hydrogen (secondary N) is 2. The van der Waals surface area contributed by atoms with Crippen LogP contribution in [0.3, 0.4) is 0 Å². The van der Waals surface area contributed by atoms with Gasteiger partial charge in [-0.15, -0.1) is 0 Å². The van der Waals surface area contributed by atoms with Gasteiger partial charge in [0.05, 0.1) is 0 Å². The summed E-state index contributed by atoms with van der Waals surface area (Å²) in [6.07, 6.45) is 0. The largest absolute Gasteiger partial charge is 0.315 e. The van der Waals surface area contributed by atoms with Crippen LogP contribution in [-0.2, 0) is 0 Å². The van der Waals surface area contributed by atoms with E-state index in [-0.39, 0.29) is 0 Å². The lowest BCUT2D eigenvalue weighted by Crippen LogP contribution is -2.78. The molecule has 1 unspecified atom stereocenters. The van der Waals surface area contributed by atoms with Crippen molar-refractivity contribution in [3.05, 3.63) is 0 Å². The van der Waals surface area contributed by atoms with Gasteiger partial charge in [0.2, 0.25) is 0 Å². The molecule has 2 heteroatoms. The van der Waals surface area contributed by atoms with Crippen LogP contribution in [0.5, 0.6) is 0 Å². The zero-order valence-electron chi connectivity index (χ0n) is 7.70. The average Bonchev–Trinajstić information content (AvgIpc) is 1.49. The van der Waals surface area contributed by atoms with Gasteiger partial charge in [-0.25, -0.2) is 0 Å². The van der Waals surface area contributed by atoms with E-state index in [2.05, 4.69) is 31.4 Å². The number of hydrogen-bond donors (Lipinski definition) is 2. The van der Waals surface area contributed by atoms with Crippen LogP contribution < -0.4 is 10.6 Å². The first-order valence-corrected chi connectivity index (χ1v) is 4.49. The number of hydrogen-bond acceptors (Lipinski definition) is 2. The van der Waals surface area contributed by atoms with Gasteiger partial charge in [0.25, 0.3) is 0 Å². The lowest BCUT2D eigenvalue weighted by Gasteiger charge is -2.61. The predicted molar refractivity (Wildman–Crippen MR) is 46.5 cm³/mol. The molecule has 2 heterocycles.